The van der Waals surface area contributed by atoms with Gasteiger partial charge < -0.3 is 9.80 Å². The zero-order valence-electron chi connectivity index (χ0n) is 11.2. The Kier molecular flexibility index (Phi) is 5.63. The SMILES string of the molecule is CCCC(=O)N1CCCC1C(=O)N(C)CCC#N. The van der Waals surface area contributed by atoms with Crippen molar-refractivity contribution >= 4 is 11.8 Å². The van der Waals surface area contributed by atoms with Gasteiger partial charge in [-0.3, -0.25) is 9.59 Å². The third-order valence-corrected chi connectivity index (χ3v) is 3.26. The normalized spacial score (nSPS) is 18.5. The molecule has 18 heavy (non-hydrogen) atoms. The molecule has 0 saturated carbocycles. The van der Waals surface area contributed by atoms with Crippen LogP contribution in [0.5, 0.6) is 0 Å². The molecule has 2 amide bonds. The molecule has 1 saturated heterocycles. The van der Waals surface area contributed by atoms with Crippen LogP contribution in [-0.2, 0) is 9.59 Å². The fraction of sp³-hybridized carbons (Fsp3) is 0.769. The lowest BCUT2D eigenvalue weighted by Crippen LogP contribution is -2.46. The van der Waals surface area contributed by atoms with Crippen LogP contribution < -0.4 is 0 Å². The molecule has 0 aromatic rings. The highest BCUT2D eigenvalue weighted by atomic mass is 16.2. The topological polar surface area (TPSA) is 64.4 Å². The molecule has 1 aliphatic rings. The molecule has 1 rings (SSSR count). The number of amides is 2. The number of hydrogen-bond acceptors (Lipinski definition) is 3. The first-order valence-corrected chi connectivity index (χ1v) is 6.53. The van der Waals surface area contributed by atoms with Crippen LogP contribution in [0.1, 0.15) is 39.0 Å². The lowest BCUT2D eigenvalue weighted by molar-refractivity contribution is -0.143. The first-order valence-electron chi connectivity index (χ1n) is 6.53. The molecule has 1 aliphatic heterocycles. The van der Waals surface area contributed by atoms with Crippen molar-refractivity contribution in [1.82, 2.24) is 9.80 Å². The Bertz CT molecular complexity index is 349. The van der Waals surface area contributed by atoms with Gasteiger partial charge in [-0.15, -0.1) is 0 Å². The summed E-state index contributed by atoms with van der Waals surface area (Å²) in [7, 11) is 1.69. The minimum atomic E-state index is -0.312. The Morgan fingerprint density at radius 3 is 2.83 bits per heavy atom. The maximum atomic E-state index is 12.2. The number of hydrogen-bond donors (Lipinski definition) is 0. The largest absolute Gasteiger partial charge is 0.343 e. The third-order valence-electron chi connectivity index (χ3n) is 3.26. The van der Waals surface area contributed by atoms with Crippen LogP contribution in [0.4, 0.5) is 0 Å². The van der Waals surface area contributed by atoms with E-state index >= 15 is 0 Å². The van der Waals surface area contributed by atoms with Gasteiger partial charge in [0.15, 0.2) is 0 Å². The van der Waals surface area contributed by atoms with Crippen LogP contribution in [0.15, 0.2) is 0 Å². The van der Waals surface area contributed by atoms with Gasteiger partial charge in [0.25, 0.3) is 0 Å². The highest BCUT2D eigenvalue weighted by molar-refractivity contribution is 5.88. The number of carbonyl (C=O) groups is 2. The van der Waals surface area contributed by atoms with E-state index in [1.54, 1.807) is 16.8 Å². The summed E-state index contributed by atoms with van der Waals surface area (Å²) in [6.07, 6.45) is 3.27. The van der Waals surface area contributed by atoms with Crippen molar-refractivity contribution in [3.63, 3.8) is 0 Å². The molecule has 0 spiro atoms. The van der Waals surface area contributed by atoms with E-state index in [1.807, 2.05) is 13.0 Å². The Hall–Kier alpha value is -1.57. The standard InChI is InChI=1S/C13H21N3O2/c1-3-6-12(17)16-10-4-7-11(16)13(18)15(2)9-5-8-14/h11H,3-7,9-10H2,1-2H3. The number of rotatable bonds is 5. The first-order chi connectivity index (χ1) is 8.61. The second-order valence-electron chi connectivity index (χ2n) is 4.66. The Labute approximate surface area is 108 Å². The molecule has 0 N–H and O–H groups in total. The van der Waals surface area contributed by atoms with Gasteiger partial charge in [-0.2, -0.15) is 5.26 Å². The second-order valence-corrected chi connectivity index (χ2v) is 4.66. The highest BCUT2D eigenvalue weighted by Crippen LogP contribution is 2.20. The summed E-state index contributed by atoms with van der Waals surface area (Å²) in [5.74, 6) is 0.0363. The van der Waals surface area contributed by atoms with E-state index in [9.17, 15) is 9.59 Å². The molecule has 1 unspecified atom stereocenters. The van der Waals surface area contributed by atoms with E-state index in [4.69, 9.17) is 5.26 Å². The molecule has 5 heteroatoms. The number of likely N-dealkylation sites (tertiary alicyclic amines) is 1. The van der Waals surface area contributed by atoms with Crippen molar-refractivity contribution in [2.75, 3.05) is 20.1 Å². The average Bonchev–Trinajstić information content (AvgIpc) is 2.84. The Morgan fingerprint density at radius 1 is 1.50 bits per heavy atom. The van der Waals surface area contributed by atoms with E-state index in [2.05, 4.69) is 0 Å². The quantitative estimate of drug-likeness (QED) is 0.736. The molecule has 1 fully saturated rings. The number of likely N-dealkylation sites (N-methyl/N-ethyl adjacent to an activating group) is 1. The van der Waals surface area contributed by atoms with Gasteiger partial charge in [0.1, 0.15) is 6.04 Å². The molecule has 0 radical (unpaired) electrons. The zero-order valence-corrected chi connectivity index (χ0v) is 11.2. The summed E-state index contributed by atoms with van der Waals surface area (Å²) >= 11 is 0. The van der Waals surface area contributed by atoms with Crippen molar-refractivity contribution in [1.29, 1.82) is 5.26 Å². The number of carbonyl (C=O) groups excluding carboxylic acids is 2. The Morgan fingerprint density at radius 2 is 2.22 bits per heavy atom. The smallest absolute Gasteiger partial charge is 0.245 e. The monoisotopic (exact) mass is 251 g/mol. The van der Waals surface area contributed by atoms with Gasteiger partial charge in [0, 0.05) is 26.6 Å². The van der Waals surface area contributed by atoms with Crippen LogP contribution in [0.25, 0.3) is 0 Å². The van der Waals surface area contributed by atoms with Gasteiger partial charge in [-0.25, -0.2) is 0 Å². The van der Waals surface area contributed by atoms with E-state index < -0.39 is 0 Å². The highest BCUT2D eigenvalue weighted by Gasteiger charge is 2.34. The van der Waals surface area contributed by atoms with Gasteiger partial charge in [-0.1, -0.05) is 6.92 Å². The van der Waals surface area contributed by atoms with Crippen molar-refractivity contribution in [2.24, 2.45) is 0 Å². The first kappa shape index (κ1) is 14.5. The second kappa shape index (κ2) is 7.00. The molecule has 0 aliphatic carbocycles. The van der Waals surface area contributed by atoms with Crippen LogP contribution in [0.3, 0.4) is 0 Å². The fourth-order valence-electron chi connectivity index (χ4n) is 2.26. The van der Waals surface area contributed by atoms with Crippen molar-refractivity contribution < 1.29 is 9.59 Å². The molecular weight excluding hydrogens is 230 g/mol. The van der Waals surface area contributed by atoms with Crippen molar-refractivity contribution in [2.45, 2.75) is 45.1 Å². The lowest BCUT2D eigenvalue weighted by atomic mass is 10.2. The molecule has 0 bridgehead atoms. The molecule has 1 atom stereocenters. The summed E-state index contributed by atoms with van der Waals surface area (Å²) in [6.45, 7) is 3.08. The molecule has 5 nitrogen and oxygen atoms in total. The average molecular weight is 251 g/mol. The molecule has 0 aromatic carbocycles. The molecule has 100 valence electrons. The van der Waals surface area contributed by atoms with Crippen molar-refractivity contribution in [3.8, 4) is 6.07 Å². The summed E-state index contributed by atoms with van der Waals surface area (Å²) in [5.41, 5.74) is 0. The summed E-state index contributed by atoms with van der Waals surface area (Å²) in [5, 5.41) is 8.52. The van der Waals surface area contributed by atoms with E-state index in [0.29, 0.717) is 25.9 Å². The summed E-state index contributed by atoms with van der Waals surface area (Å²) in [4.78, 5) is 27.4. The van der Waals surface area contributed by atoms with Gasteiger partial charge in [0.2, 0.25) is 11.8 Å². The van der Waals surface area contributed by atoms with Gasteiger partial charge in [0.05, 0.1) is 12.5 Å². The molecular formula is C13H21N3O2. The van der Waals surface area contributed by atoms with Crippen molar-refractivity contribution in [3.05, 3.63) is 0 Å². The van der Waals surface area contributed by atoms with Crippen LogP contribution in [-0.4, -0.2) is 47.8 Å². The predicted octanol–water partition coefficient (Wildman–Crippen LogP) is 1.15. The number of nitriles is 1. The third kappa shape index (κ3) is 3.46. The fourth-order valence-corrected chi connectivity index (χ4v) is 2.26. The van der Waals surface area contributed by atoms with Gasteiger partial charge >= 0.3 is 0 Å². The lowest BCUT2D eigenvalue weighted by Gasteiger charge is -2.27. The maximum Gasteiger partial charge on any atom is 0.245 e. The van der Waals surface area contributed by atoms with Crippen LogP contribution in [0, 0.1) is 11.3 Å². The Balaban J connectivity index is 2.61. The van der Waals surface area contributed by atoms with E-state index in [0.717, 1.165) is 19.3 Å². The molecule has 0 aromatic heterocycles. The number of nitrogens with zero attached hydrogens (tertiary/aromatic N) is 3. The minimum Gasteiger partial charge on any atom is -0.343 e. The summed E-state index contributed by atoms with van der Waals surface area (Å²) < 4.78 is 0. The predicted molar refractivity (Wildman–Crippen MR) is 67.5 cm³/mol. The van der Waals surface area contributed by atoms with Crippen LogP contribution >= 0.6 is 0 Å². The minimum absolute atomic E-state index is 0.0350. The van der Waals surface area contributed by atoms with Crippen LogP contribution in [0.2, 0.25) is 0 Å². The molecule has 1 heterocycles. The van der Waals surface area contributed by atoms with E-state index in [1.165, 1.54) is 0 Å². The zero-order chi connectivity index (χ0) is 13.5. The summed E-state index contributed by atoms with van der Waals surface area (Å²) in [6, 6.07) is 1.71. The maximum absolute atomic E-state index is 12.2. The van der Waals surface area contributed by atoms with E-state index in [-0.39, 0.29) is 17.9 Å². The van der Waals surface area contributed by atoms with Gasteiger partial charge in [-0.05, 0) is 19.3 Å².